The van der Waals surface area contributed by atoms with Gasteiger partial charge < -0.3 is 10.5 Å². The Morgan fingerprint density at radius 3 is 2.79 bits per heavy atom. The van der Waals surface area contributed by atoms with Crippen molar-refractivity contribution in [2.24, 2.45) is 5.73 Å². The lowest BCUT2D eigenvalue weighted by Gasteiger charge is -2.23. The Labute approximate surface area is 83.1 Å². The molecular weight excluding hydrogens is 180 g/mol. The van der Waals surface area contributed by atoms with Crippen LogP contribution in [0.1, 0.15) is 18.1 Å². The van der Waals surface area contributed by atoms with Crippen LogP contribution in [0, 0.1) is 6.92 Å². The van der Waals surface area contributed by atoms with E-state index in [-0.39, 0.29) is 0 Å². The number of ether oxygens (including phenoxy) is 1. The van der Waals surface area contributed by atoms with E-state index in [1.165, 1.54) is 7.11 Å². The minimum absolute atomic E-state index is 0.464. The maximum absolute atomic E-state index is 11.4. The molecule has 0 saturated heterocycles. The quantitative estimate of drug-likeness (QED) is 0.705. The van der Waals surface area contributed by atoms with Crippen LogP contribution >= 0.6 is 0 Å². The second-order valence-corrected chi connectivity index (χ2v) is 3.38. The highest BCUT2D eigenvalue weighted by atomic mass is 16.5. The number of hydrogen-bond acceptors (Lipinski definition) is 4. The number of aryl methyl sites for hydroxylation is 1. The molecule has 76 valence electrons. The lowest BCUT2D eigenvalue weighted by atomic mass is 9.91. The average Bonchev–Trinajstić information content (AvgIpc) is 2.17. The highest BCUT2D eigenvalue weighted by Gasteiger charge is 2.33. The summed E-state index contributed by atoms with van der Waals surface area (Å²) in [5.41, 5.74) is 6.36. The first kappa shape index (κ1) is 10.7. The Bertz CT molecular complexity index is 348. The molecule has 0 aliphatic rings. The van der Waals surface area contributed by atoms with Gasteiger partial charge in [-0.2, -0.15) is 0 Å². The molecule has 0 aromatic carbocycles. The van der Waals surface area contributed by atoms with E-state index >= 15 is 0 Å². The van der Waals surface area contributed by atoms with Crippen LogP contribution in [0.3, 0.4) is 0 Å². The molecular formula is C10H14N2O2. The van der Waals surface area contributed by atoms with Crippen molar-refractivity contribution in [2.75, 3.05) is 7.11 Å². The number of aromatic nitrogens is 1. The number of carbonyl (C=O) groups is 1. The summed E-state index contributed by atoms with van der Waals surface area (Å²) < 4.78 is 4.63. The van der Waals surface area contributed by atoms with Gasteiger partial charge in [0.25, 0.3) is 0 Å². The molecule has 1 rings (SSSR count). The highest BCUT2D eigenvalue weighted by molar-refractivity contribution is 5.82. The van der Waals surface area contributed by atoms with Crippen molar-refractivity contribution in [1.29, 1.82) is 0 Å². The van der Waals surface area contributed by atoms with Crippen molar-refractivity contribution in [3.63, 3.8) is 0 Å². The molecule has 1 heterocycles. The van der Waals surface area contributed by atoms with E-state index in [4.69, 9.17) is 5.73 Å². The van der Waals surface area contributed by atoms with Gasteiger partial charge in [0.2, 0.25) is 0 Å². The molecule has 1 aromatic rings. The Hall–Kier alpha value is -1.42. The molecule has 0 aliphatic carbocycles. The van der Waals surface area contributed by atoms with Crippen molar-refractivity contribution >= 4 is 5.97 Å². The van der Waals surface area contributed by atoms with Crippen molar-refractivity contribution in [3.8, 4) is 0 Å². The van der Waals surface area contributed by atoms with E-state index in [2.05, 4.69) is 9.72 Å². The number of esters is 1. The van der Waals surface area contributed by atoms with Crippen molar-refractivity contribution in [3.05, 3.63) is 29.6 Å². The summed E-state index contributed by atoms with van der Waals surface area (Å²) in [5, 5.41) is 0. The fourth-order valence-electron chi connectivity index (χ4n) is 1.33. The van der Waals surface area contributed by atoms with Gasteiger partial charge in [0, 0.05) is 18.0 Å². The monoisotopic (exact) mass is 194 g/mol. The van der Waals surface area contributed by atoms with Gasteiger partial charge in [-0.25, -0.2) is 4.79 Å². The number of hydrogen-bond donors (Lipinski definition) is 1. The van der Waals surface area contributed by atoms with Gasteiger partial charge in [0.15, 0.2) is 0 Å². The molecule has 0 radical (unpaired) electrons. The van der Waals surface area contributed by atoms with E-state index in [1.807, 2.05) is 13.0 Å². The summed E-state index contributed by atoms with van der Waals surface area (Å²) in [7, 11) is 1.32. The first-order chi connectivity index (χ1) is 6.50. The van der Waals surface area contributed by atoms with Gasteiger partial charge in [0.1, 0.15) is 5.54 Å². The van der Waals surface area contributed by atoms with E-state index in [0.29, 0.717) is 5.56 Å². The molecule has 0 unspecified atom stereocenters. The van der Waals surface area contributed by atoms with E-state index in [9.17, 15) is 4.79 Å². The third-order valence-corrected chi connectivity index (χ3v) is 2.21. The van der Waals surface area contributed by atoms with E-state index < -0.39 is 11.5 Å². The van der Waals surface area contributed by atoms with Crippen LogP contribution in [0.15, 0.2) is 18.5 Å². The minimum atomic E-state index is -1.13. The van der Waals surface area contributed by atoms with Gasteiger partial charge in [-0.3, -0.25) is 4.98 Å². The lowest BCUT2D eigenvalue weighted by Crippen LogP contribution is -2.43. The minimum Gasteiger partial charge on any atom is -0.467 e. The Morgan fingerprint density at radius 1 is 1.64 bits per heavy atom. The summed E-state index contributed by atoms with van der Waals surface area (Å²) in [5.74, 6) is -0.464. The SMILES string of the molecule is COC(=O)[C@@](C)(N)c1cnccc1C. The molecule has 14 heavy (non-hydrogen) atoms. The van der Waals surface area contributed by atoms with Crippen molar-refractivity contribution in [1.82, 2.24) is 4.98 Å². The maximum Gasteiger partial charge on any atom is 0.330 e. The number of nitrogens with two attached hydrogens (primary N) is 1. The summed E-state index contributed by atoms with van der Waals surface area (Å²) in [6.07, 6.45) is 3.25. The molecule has 2 N–H and O–H groups in total. The van der Waals surface area contributed by atoms with Gasteiger partial charge in [-0.1, -0.05) is 0 Å². The summed E-state index contributed by atoms with van der Waals surface area (Å²) in [6.45, 7) is 3.49. The fraction of sp³-hybridized carbons (Fsp3) is 0.400. The maximum atomic E-state index is 11.4. The number of carbonyl (C=O) groups excluding carboxylic acids is 1. The summed E-state index contributed by atoms with van der Waals surface area (Å²) >= 11 is 0. The number of pyridine rings is 1. The van der Waals surface area contributed by atoms with Gasteiger partial charge >= 0.3 is 5.97 Å². The molecule has 0 amide bonds. The molecule has 4 heteroatoms. The summed E-state index contributed by atoms with van der Waals surface area (Å²) in [6, 6.07) is 1.81. The van der Waals surface area contributed by atoms with Gasteiger partial charge in [-0.05, 0) is 25.5 Å². The zero-order valence-corrected chi connectivity index (χ0v) is 8.57. The van der Waals surface area contributed by atoms with Crippen LogP contribution in [0.4, 0.5) is 0 Å². The summed E-state index contributed by atoms with van der Waals surface area (Å²) in [4.78, 5) is 15.4. The number of nitrogens with zero attached hydrogens (tertiary/aromatic N) is 1. The largest absolute Gasteiger partial charge is 0.467 e. The molecule has 0 saturated carbocycles. The van der Waals surface area contributed by atoms with Crippen LogP contribution in [-0.2, 0) is 15.1 Å². The molecule has 0 bridgehead atoms. The van der Waals surface area contributed by atoms with Crippen molar-refractivity contribution in [2.45, 2.75) is 19.4 Å². The van der Waals surface area contributed by atoms with Gasteiger partial charge in [0.05, 0.1) is 7.11 Å². The molecule has 4 nitrogen and oxygen atoms in total. The van der Waals surface area contributed by atoms with E-state index in [0.717, 1.165) is 5.56 Å². The topological polar surface area (TPSA) is 65.2 Å². The van der Waals surface area contributed by atoms with Crippen molar-refractivity contribution < 1.29 is 9.53 Å². The fourth-order valence-corrected chi connectivity index (χ4v) is 1.33. The van der Waals surface area contributed by atoms with Gasteiger partial charge in [-0.15, -0.1) is 0 Å². The molecule has 0 aliphatic heterocycles. The van der Waals surface area contributed by atoms with Crippen LogP contribution < -0.4 is 5.73 Å². The van der Waals surface area contributed by atoms with Crippen LogP contribution in [0.2, 0.25) is 0 Å². The second-order valence-electron chi connectivity index (χ2n) is 3.38. The average molecular weight is 194 g/mol. The zero-order valence-electron chi connectivity index (χ0n) is 8.57. The Balaban J connectivity index is 3.16. The van der Waals surface area contributed by atoms with Crippen LogP contribution in [-0.4, -0.2) is 18.1 Å². The lowest BCUT2D eigenvalue weighted by molar-refractivity contribution is -0.146. The third-order valence-electron chi connectivity index (χ3n) is 2.21. The molecule has 0 fully saturated rings. The molecule has 0 spiro atoms. The first-order valence-electron chi connectivity index (χ1n) is 4.28. The predicted octanol–water partition coefficient (Wildman–Crippen LogP) is 0.737. The second kappa shape index (κ2) is 3.75. The Kier molecular flexibility index (Phi) is 2.86. The number of methoxy groups -OCH3 is 1. The Morgan fingerprint density at radius 2 is 2.29 bits per heavy atom. The van der Waals surface area contributed by atoms with Crippen LogP contribution in [0.25, 0.3) is 0 Å². The predicted molar refractivity (Wildman–Crippen MR) is 52.5 cm³/mol. The molecule has 1 atom stereocenters. The van der Waals surface area contributed by atoms with Crippen LogP contribution in [0.5, 0.6) is 0 Å². The third kappa shape index (κ3) is 1.75. The molecule has 1 aromatic heterocycles. The smallest absolute Gasteiger partial charge is 0.330 e. The standard InChI is InChI=1S/C10H14N2O2/c1-7-4-5-12-6-8(7)10(2,11)9(13)14-3/h4-6H,11H2,1-3H3/t10-/m0/s1. The number of rotatable bonds is 2. The highest BCUT2D eigenvalue weighted by Crippen LogP contribution is 2.21. The first-order valence-corrected chi connectivity index (χ1v) is 4.28. The zero-order chi connectivity index (χ0) is 10.8. The normalized spacial score (nSPS) is 14.6. The van der Waals surface area contributed by atoms with E-state index in [1.54, 1.807) is 19.3 Å².